The van der Waals surface area contributed by atoms with E-state index in [1.54, 1.807) is 17.0 Å². The third kappa shape index (κ3) is 1.73. The maximum Gasteiger partial charge on any atom is 0.419 e. The summed E-state index contributed by atoms with van der Waals surface area (Å²) in [6.45, 7) is 0. The van der Waals surface area contributed by atoms with Crippen LogP contribution in [0.3, 0.4) is 0 Å². The highest BCUT2D eigenvalue weighted by Gasteiger charge is 2.41. The quantitative estimate of drug-likeness (QED) is 0.816. The summed E-state index contributed by atoms with van der Waals surface area (Å²) in [4.78, 5) is 13.2. The van der Waals surface area contributed by atoms with E-state index in [2.05, 4.69) is 0 Å². The third-order valence-corrected chi connectivity index (χ3v) is 3.16. The molecule has 18 heavy (non-hydrogen) atoms. The van der Waals surface area contributed by atoms with Crippen molar-refractivity contribution in [2.24, 2.45) is 0 Å². The van der Waals surface area contributed by atoms with Gasteiger partial charge in [-0.05, 0) is 12.1 Å². The van der Waals surface area contributed by atoms with Gasteiger partial charge in [0.05, 0.1) is 10.7 Å². The van der Waals surface area contributed by atoms with Crippen molar-refractivity contribution in [3.05, 3.63) is 65.2 Å². The molecule has 3 nitrogen and oxygen atoms in total. The summed E-state index contributed by atoms with van der Waals surface area (Å²) in [7, 11) is 0. The summed E-state index contributed by atoms with van der Waals surface area (Å²) in [5.74, 6) is 0. The molecule has 2 aromatic rings. The fraction of sp³-hybridized carbons (Fsp3) is 0.0714. The van der Waals surface area contributed by atoms with E-state index in [1.165, 1.54) is 0 Å². The molecule has 2 aromatic carbocycles. The maximum atomic E-state index is 11.6. The van der Waals surface area contributed by atoms with Crippen LogP contribution >= 0.6 is 11.6 Å². The second-order valence-electron chi connectivity index (χ2n) is 3.97. The zero-order chi connectivity index (χ0) is 12.5. The molecule has 1 aliphatic heterocycles. The molecule has 0 aromatic heterocycles. The molecule has 1 aliphatic rings. The average molecular weight is 260 g/mol. The number of ether oxygens (including phenoxy) is 1. The number of benzene rings is 2. The molecule has 1 amide bonds. The zero-order valence-electron chi connectivity index (χ0n) is 9.42. The lowest BCUT2D eigenvalue weighted by molar-refractivity contribution is 0.0430. The Bertz CT molecular complexity index is 585. The van der Waals surface area contributed by atoms with Crippen molar-refractivity contribution in [1.29, 1.82) is 0 Å². The third-order valence-electron chi connectivity index (χ3n) is 2.84. The molecule has 1 unspecified atom stereocenters. The summed E-state index contributed by atoms with van der Waals surface area (Å²) in [6, 6.07) is 16.8. The Hall–Kier alpha value is -2.00. The lowest BCUT2D eigenvalue weighted by Crippen LogP contribution is -2.48. The van der Waals surface area contributed by atoms with E-state index in [1.807, 2.05) is 42.5 Å². The van der Waals surface area contributed by atoms with E-state index in [0.29, 0.717) is 10.7 Å². The van der Waals surface area contributed by atoms with Gasteiger partial charge >= 0.3 is 6.09 Å². The fourth-order valence-corrected chi connectivity index (χ4v) is 2.18. The minimum absolute atomic E-state index is 0.378. The molecule has 1 saturated heterocycles. The second kappa shape index (κ2) is 4.35. The molecule has 3 rings (SSSR count). The number of cyclic esters (lactones) is 1. The molecular weight excluding hydrogens is 250 g/mol. The first-order valence-electron chi connectivity index (χ1n) is 5.57. The average Bonchev–Trinajstić information content (AvgIpc) is 2.39. The summed E-state index contributed by atoms with van der Waals surface area (Å²) in [5, 5.41) is 0.537. The minimum Gasteiger partial charge on any atom is -0.420 e. The Morgan fingerprint density at radius 1 is 1.00 bits per heavy atom. The fourth-order valence-electron chi connectivity index (χ4n) is 1.96. The molecule has 1 heterocycles. The summed E-state index contributed by atoms with van der Waals surface area (Å²) in [6.07, 6.45) is -0.768. The molecule has 0 spiro atoms. The topological polar surface area (TPSA) is 29.5 Å². The van der Waals surface area contributed by atoms with Crippen molar-refractivity contribution in [3.63, 3.8) is 0 Å². The first-order valence-corrected chi connectivity index (χ1v) is 5.94. The number of nitrogens with zero attached hydrogens (tertiary/aromatic N) is 1. The highest BCUT2D eigenvalue weighted by atomic mass is 35.5. The van der Waals surface area contributed by atoms with Crippen LogP contribution in [0.25, 0.3) is 0 Å². The molecule has 1 atom stereocenters. The Kier molecular flexibility index (Phi) is 2.68. The first-order chi connectivity index (χ1) is 8.77. The molecular formula is C14H10ClNO2. The number of carbonyl (C=O) groups excluding carboxylic acids is 1. The Morgan fingerprint density at radius 2 is 1.67 bits per heavy atom. The van der Waals surface area contributed by atoms with Crippen LogP contribution in [0.1, 0.15) is 11.8 Å². The summed E-state index contributed by atoms with van der Waals surface area (Å²) < 4.78 is 5.18. The number of hydrogen-bond donors (Lipinski definition) is 0. The van der Waals surface area contributed by atoms with Crippen molar-refractivity contribution in [1.82, 2.24) is 0 Å². The van der Waals surface area contributed by atoms with Gasteiger partial charge < -0.3 is 4.74 Å². The Morgan fingerprint density at radius 3 is 2.33 bits per heavy atom. The van der Waals surface area contributed by atoms with Crippen LogP contribution in [0, 0.1) is 0 Å². The number of anilines is 1. The number of amides is 1. The van der Waals surface area contributed by atoms with Gasteiger partial charge in [0.2, 0.25) is 6.23 Å². The highest BCUT2D eigenvalue weighted by molar-refractivity contribution is 6.33. The molecule has 0 aliphatic carbocycles. The van der Waals surface area contributed by atoms with Gasteiger partial charge in [-0.1, -0.05) is 54.1 Å². The van der Waals surface area contributed by atoms with E-state index < -0.39 is 6.23 Å². The lowest BCUT2D eigenvalue weighted by atomic mass is 10.1. The van der Waals surface area contributed by atoms with Crippen LogP contribution in [0.4, 0.5) is 10.5 Å². The van der Waals surface area contributed by atoms with Crippen molar-refractivity contribution in [3.8, 4) is 0 Å². The van der Waals surface area contributed by atoms with Gasteiger partial charge in [-0.3, -0.25) is 0 Å². The van der Waals surface area contributed by atoms with E-state index in [9.17, 15) is 4.79 Å². The number of halogens is 1. The SMILES string of the molecule is O=C1OC(c2ccccc2)N1c1ccccc1Cl. The number of rotatable bonds is 2. The maximum absolute atomic E-state index is 11.6. The predicted octanol–water partition coefficient (Wildman–Crippen LogP) is 4.00. The van der Waals surface area contributed by atoms with Crippen LogP contribution in [0.15, 0.2) is 54.6 Å². The van der Waals surface area contributed by atoms with Gasteiger partial charge in [0, 0.05) is 5.56 Å². The zero-order valence-corrected chi connectivity index (χ0v) is 10.2. The van der Waals surface area contributed by atoms with E-state index >= 15 is 0 Å². The Balaban J connectivity index is 1.96. The molecule has 0 N–H and O–H groups in total. The van der Waals surface area contributed by atoms with E-state index in [0.717, 1.165) is 5.56 Å². The summed E-state index contributed by atoms with van der Waals surface area (Å²) in [5.41, 5.74) is 1.60. The molecule has 0 saturated carbocycles. The van der Waals surface area contributed by atoms with E-state index in [-0.39, 0.29) is 6.09 Å². The van der Waals surface area contributed by atoms with Crippen LogP contribution in [0.2, 0.25) is 5.02 Å². The number of para-hydroxylation sites is 1. The molecule has 0 radical (unpaired) electrons. The number of carbonyl (C=O) groups is 1. The van der Waals surface area contributed by atoms with Gasteiger partial charge in [0.1, 0.15) is 0 Å². The second-order valence-corrected chi connectivity index (χ2v) is 4.38. The van der Waals surface area contributed by atoms with Gasteiger partial charge in [-0.2, -0.15) is 0 Å². The molecule has 1 fully saturated rings. The predicted molar refractivity (Wildman–Crippen MR) is 69.6 cm³/mol. The van der Waals surface area contributed by atoms with Gasteiger partial charge in [0.25, 0.3) is 0 Å². The molecule has 90 valence electrons. The van der Waals surface area contributed by atoms with Crippen molar-refractivity contribution < 1.29 is 9.53 Å². The minimum atomic E-state index is -0.390. The normalized spacial score (nSPS) is 18.2. The summed E-state index contributed by atoms with van der Waals surface area (Å²) >= 11 is 6.10. The monoisotopic (exact) mass is 259 g/mol. The van der Waals surface area contributed by atoms with Gasteiger partial charge in [-0.25, -0.2) is 9.69 Å². The molecule has 0 bridgehead atoms. The Labute approximate surface area is 110 Å². The smallest absolute Gasteiger partial charge is 0.419 e. The van der Waals surface area contributed by atoms with Crippen LogP contribution in [-0.4, -0.2) is 6.09 Å². The van der Waals surface area contributed by atoms with E-state index in [4.69, 9.17) is 16.3 Å². The van der Waals surface area contributed by atoms with Crippen LogP contribution in [-0.2, 0) is 4.74 Å². The van der Waals surface area contributed by atoms with Crippen LogP contribution < -0.4 is 4.90 Å². The lowest BCUT2D eigenvalue weighted by Gasteiger charge is -2.39. The van der Waals surface area contributed by atoms with Crippen molar-refractivity contribution >= 4 is 23.4 Å². The van der Waals surface area contributed by atoms with Crippen molar-refractivity contribution in [2.45, 2.75) is 6.23 Å². The molecule has 4 heteroatoms. The number of hydrogen-bond acceptors (Lipinski definition) is 2. The first kappa shape index (κ1) is 11.1. The highest BCUT2D eigenvalue weighted by Crippen LogP contribution is 2.39. The standard InChI is InChI=1S/C14H10ClNO2/c15-11-8-4-5-9-12(11)16-13(18-14(16)17)10-6-2-1-3-7-10/h1-9,13H. The van der Waals surface area contributed by atoms with Gasteiger partial charge in [0.15, 0.2) is 0 Å². The van der Waals surface area contributed by atoms with Crippen LogP contribution in [0.5, 0.6) is 0 Å². The van der Waals surface area contributed by atoms with Gasteiger partial charge in [-0.15, -0.1) is 0 Å². The van der Waals surface area contributed by atoms with Crippen molar-refractivity contribution in [2.75, 3.05) is 4.90 Å². The largest absolute Gasteiger partial charge is 0.420 e.